The number of carbonyl (C=O) groups is 2. The maximum absolute atomic E-state index is 13.1. The summed E-state index contributed by atoms with van der Waals surface area (Å²) in [6, 6.07) is 9.05. The summed E-state index contributed by atoms with van der Waals surface area (Å²) < 4.78 is 13.1. The standard InChI is InChI=1S/C23H29ClN4O4/c24-19-4-1-5-20(14-19)32-18-23(15-21(29)26-10-12-31-13-11-26)6-2-8-27(17-23)22(30)16-28-9-3-7-25-28/h1,3-5,7,9,14H,2,6,8,10-13,15-18H2/t23-/m1/s1. The van der Waals surface area contributed by atoms with Crippen LogP contribution >= 0.6 is 11.6 Å². The fourth-order valence-corrected chi connectivity index (χ4v) is 4.59. The van der Waals surface area contributed by atoms with Gasteiger partial charge in [0.2, 0.25) is 11.8 Å². The normalized spacial score (nSPS) is 21.4. The molecule has 0 bridgehead atoms. The number of carbonyl (C=O) groups excluding carboxylic acids is 2. The van der Waals surface area contributed by atoms with E-state index in [-0.39, 0.29) is 18.4 Å². The molecule has 2 aromatic rings. The molecule has 0 radical (unpaired) electrons. The van der Waals surface area contributed by atoms with Gasteiger partial charge in [-0.2, -0.15) is 5.10 Å². The van der Waals surface area contributed by atoms with Crippen molar-refractivity contribution >= 4 is 23.4 Å². The zero-order valence-electron chi connectivity index (χ0n) is 18.1. The molecule has 3 heterocycles. The molecule has 8 nitrogen and oxygen atoms in total. The minimum absolute atomic E-state index is 0.000600. The molecule has 172 valence electrons. The second kappa shape index (κ2) is 10.4. The van der Waals surface area contributed by atoms with Crippen LogP contribution in [0.4, 0.5) is 0 Å². The number of benzene rings is 1. The molecular weight excluding hydrogens is 432 g/mol. The lowest BCUT2D eigenvalue weighted by Crippen LogP contribution is -2.52. The van der Waals surface area contributed by atoms with Crippen LogP contribution in [0.1, 0.15) is 19.3 Å². The molecule has 9 heteroatoms. The highest BCUT2D eigenvalue weighted by Crippen LogP contribution is 2.36. The molecule has 2 saturated heterocycles. The van der Waals surface area contributed by atoms with Gasteiger partial charge in [-0.1, -0.05) is 17.7 Å². The van der Waals surface area contributed by atoms with Crippen LogP contribution < -0.4 is 4.74 Å². The van der Waals surface area contributed by atoms with Crippen molar-refractivity contribution < 1.29 is 19.1 Å². The highest BCUT2D eigenvalue weighted by Gasteiger charge is 2.41. The van der Waals surface area contributed by atoms with Gasteiger partial charge in [0, 0.05) is 55.4 Å². The van der Waals surface area contributed by atoms with E-state index in [4.69, 9.17) is 21.1 Å². The van der Waals surface area contributed by atoms with E-state index in [0.717, 1.165) is 12.8 Å². The lowest BCUT2D eigenvalue weighted by Gasteiger charge is -2.43. The Morgan fingerprint density at radius 2 is 1.97 bits per heavy atom. The Morgan fingerprint density at radius 1 is 1.12 bits per heavy atom. The maximum atomic E-state index is 13.1. The molecular formula is C23H29ClN4O4. The van der Waals surface area contributed by atoms with Crippen LogP contribution in [-0.4, -0.2) is 77.4 Å². The lowest BCUT2D eigenvalue weighted by atomic mass is 9.77. The summed E-state index contributed by atoms with van der Waals surface area (Å²) in [5.74, 6) is 0.749. The van der Waals surface area contributed by atoms with Crippen molar-refractivity contribution in [2.24, 2.45) is 5.41 Å². The summed E-state index contributed by atoms with van der Waals surface area (Å²) >= 11 is 6.11. The number of morpholine rings is 1. The van der Waals surface area contributed by atoms with Crippen molar-refractivity contribution in [2.45, 2.75) is 25.8 Å². The van der Waals surface area contributed by atoms with E-state index in [9.17, 15) is 9.59 Å². The Morgan fingerprint density at radius 3 is 2.72 bits per heavy atom. The van der Waals surface area contributed by atoms with Gasteiger partial charge in [0.25, 0.3) is 0 Å². The number of hydrogen-bond donors (Lipinski definition) is 0. The Kier molecular flexibility index (Phi) is 7.32. The number of amides is 2. The van der Waals surface area contributed by atoms with E-state index in [1.165, 1.54) is 0 Å². The van der Waals surface area contributed by atoms with Crippen LogP contribution in [-0.2, 0) is 20.9 Å². The number of piperidine rings is 1. The quantitative estimate of drug-likeness (QED) is 0.634. The minimum Gasteiger partial charge on any atom is -0.493 e. The van der Waals surface area contributed by atoms with Crippen molar-refractivity contribution in [3.63, 3.8) is 0 Å². The molecule has 0 spiro atoms. The smallest absolute Gasteiger partial charge is 0.244 e. The molecule has 2 amide bonds. The molecule has 2 fully saturated rings. The van der Waals surface area contributed by atoms with Gasteiger partial charge in [-0.05, 0) is 37.1 Å². The number of aromatic nitrogens is 2. The van der Waals surface area contributed by atoms with Crippen molar-refractivity contribution in [2.75, 3.05) is 46.0 Å². The molecule has 0 N–H and O–H groups in total. The van der Waals surface area contributed by atoms with Crippen LogP contribution in [0.15, 0.2) is 42.7 Å². The number of halogens is 1. The fourth-order valence-electron chi connectivity index (χ4n) is 4.41. The third-order valence-electron chi connectivity index (χ3n) is 6.10. The number of ether oxygens (including phenoxy) is 2. The van der Waals surface area contributed by atoms with Crippen LogP contribution in [0.3, 0.4) is 0 Å². The molecule has 1 atom stereocenters. The number of likely N-dealkylation sites (tertiary alicyclic amines) is 1. The first-order valence-electron chi connectivity index (χ1n) is 11.0. The van der Waals surface area contributed by atoms with E-state index in [0.29, 0.717) is 63.2 Å². The largest absolute Gasteiger partial charge is 0.493 e. The average Bonchev–Trinajstić information content (AvgIpc) is 3.32. The molecule has 0 unspecified atom stereocenters. The predicted molar refractivity (Wildman–Crippen MR) is 119 cm³/mol. The Labute approximate surface area is 193 Å². The third-order valence-corrected chi connectivity index (χ3v) is 6.34. The molecule has 2 aliphatic heterocycles. The summed E-state index contributed by atoms with van der Waals surface area (Å²) in [4.78, 5) is 29.8. The second-order valence-electron chi connectivity index (χ2n) is 8.54. The van der Waals surface area contributed by atoms with Crippen molar-refractivity contribution in [3.05, 3.63) is 47.7 Å². The second-order valence-corrected chi connectivity index (χ2v) is 8.97. The van der Waals surface area contributed by atoms with Crippen LogP contribution in [0.5, 0.6) is 5.75 Å². The zero-order valence-corrected chi connectivity index (χ0v) is 18.9. The first-order valence-corrected chi connectivity index (χ1v) is 11.4. The van der Waals surface area contributed by atoms with Crippen LogP contribution in [0.2, 0.25) is 5.02 Å². The molecule has 1 aromatic heterocycles. The maximum Gasteiger partial charge on any atom is 0.244 e. The van der Waals surface area contributed by atoms with Gasteiger partial charge in [0.05, 0.1) is 19.8 Å². The summed E-state index contributed by atoms with van der Waals surface area (Å²) in [5.41, 5.74) is -0.463. The van der Waals surface area contributed by atoms with Gasteiger partial charge >= 0.3 is 0 Å². The number of hydrogen-bond acceptors (Lipinski definition) is 5. The molecule has 2 aliphatic rings. The SMILES string of the molecule is O=C(C[C@]1(COc2cccc(Cl)c2)CCCN(C(=O)Cn2cccn2)C1)N1CCOCC1. The first-order chi connectivity index (χ1) is 15.5. The average molecular weight is 461 g/mol. The Hall–Kier alpha value is -2.58. The Bertz CT molecular complexity index is 916. The predicted octanol–water partition coefficient (Wildman–Crippen LogP) is 2.47. The van der Waals surface area contributed by atoms with Gasteiger partial charge in [0.15, 0.2) is 0 Å². The highest BCUT2D eigenvalue weighted by atomic mass is 35.5. The van der Waals surface area contributed by atoms with E-state index in [1.807, 2.05) is 21.9 Å². The molecule has 0 aliphatic carbocycles. The van der Waals surface area contributed by atoms with Gasteiger partial charge in [-0.15, -0.1) is 0 Å². The summed E-state index contributed by atoms with van der Waals surface area (Å²) in [6.45, 7) is 4.01. The number of nitrogens with zero attached hydrogens (tertiary/aromatic N) is 4. The van der Waals surface area contributed by atoms with Gasteiger partial charge in [-0.25, -0.2) is 0 Å². The first kappa shape index (κ1) is 22.6. The molecule has 1 aromatic carbocycles. The number of rotatable bonds is 7. The third kappa shape index (κ3) is 5.81. The van der Waals surface area contributed by atoms with E-state index in [1.54, 1.807) is 35.3 Å². The minimum atomic E-state index is -0.463. The fraction of sp³-hybridized carbons (Fsp3) is 0.522. The molecule has 32 heavy (non-hydrogen) atoms. The molecule has 0 saturated carbocycles. The topological polar surface area (TPSA) is 76.9 Å². The zero-order chi connectivity index (χ0) is 22.4. The summed E-state index contributed by atoms with van der Waals surface area (Å²) in [6.07, 6.45) is 5.40. The van der Waals surface area contributed by atoms with Crippen molar-refractivity contribution in [1.82, 2.24) is 19.6 Å². The van der Waals surface area contributed by atoms with E-state index >= 15 is 0 Å². The van der Waals surface area contributed by atoms with E-state index in [2.05, 4.69) is 5.10 Å². The van der Waals surface area contributed by atoms with Crippen molar-refractivity contribution in [1.29, 1.82) is 0 Å². The van der Waals surface area contributed by atoms with Crippen molar-refractivity contribution in [3.8, 4) is 5.75 Å². The summed E-state index contributed by atoms with van der Waals surface area (Å²) in [5, 5.41) is 4.74. The lowest BCUT2D eigenvalue weighted by molar-refractivity contribution is -0.144. The highest BCUT2D eigenvalue weighted by molar-refractivity contribution is 6.30. The van der Waals surface area contributed by atoms with Gasteiger partial charge in [-0.3, -0.25) is 14.3 Å². The Balaban J connectivity index is 1.48. The van der Waals surface area contributed by atoms with E-state index < -0.39 is 5.41 Å². The van der Waals surface area contributed by atoms with Crippen LogP contribution in [0.25, 0.3) is 0 Å². The van der Waals surface area contributed by atoms with Gasteiger partial charge in [0.1, 0.15) is 12.3 Å². The van der Waals surface area contributed by atoms with Gasteiger partial charge < -0.3 is 19.3 Å². The molecule has 4 rings (SSSR count). The summed E-state index contributed by atoms with van der Waals surface area (Å²) in [7, 11) is 0. The monoisotopic (exact) mass is 460 g/mol. The van der Waals surface area contributed by atoms with Crippen LogP contribution in [0, 0.1) is 5.41 Å².